The number of hydrogen-bond acceptors (Lipinski definition) is 6. The summed E-state index contributed by atoms with van der Waals surface area (Å²) < 4.78 is 4.46. The van der Waals surface area contributed by atoms with Crippen molar-refractivity contribution in [2.75, 3.05) is 19.0 Å². The minimum absolute atomic E-state index is 0.111. The van der Waals surface area contributed by atoms with Gasteiger partial charge in [-0.1, -0.05) is 0 Å². The average Bonchev–Trinajstić information content (AvgIpc) is 2.28. The number of methoxy groups -OCH3 is 1. The number of esters is 1. The Morgan fingerprint density at radius 3 is 2.88 bits per heavy atom. The first kappa shape index (κ1) is 12.9. The second kappa shape index (κ2) is 5.78. The van der Waals surface area contributed by atoms with Gasteiger partial charge in [0.1, 0.15) is 0 Å². The summed E-state index contributed by atoms with van der Waals surface area (Å²) in [6.45, 7) is 1.97. The maximum atomic E-state index is 10.9. The van der Waals surface area contributed by atoms with Crippen LogP contribution in [0.25, 0.3) is 0 Å². The summed E-state index contributed by atoms with van der Waals surface area (Å²) in [7, 11) is 1.29. The van der Waals surface area contributed by atoms with Crippen LogP contribution in [-0.2, 0) is 9.53 Å². The molecule has 1 aromatic heterocycles. The van der Waals surface area contributed by atoms with Crippen LogP contribution in [0.1, 0.15) is 12.1 Å². The number of aromatic nitrogens is 1. The highest BCUT2D eigenvalue weighted by Crippen LogP contribution is 2.21. The second-order valence-electron chi connectivity index (χ2n) is 3.33. The van der Waals surface area contributed by atoms with Crippen LogP contribution in [0.15, 0.2) is 12.1 Å². The van der Waals surface area contributed by atoms with Crippen LogP contribution in [0.2, 0.25) is 0 Å². The Balaban J connectivity index is 2.72. The Labute approximate surface area is 98.0 Å². The molecule has 1 rings (SSSR count). The Morgan fingerprint density at radius 1 is 1.59 bits per heavy atom. The van der Waals surface area contributed by atoms with Gasteiger partial charge < -0.3 is 10.1 Å². The zero-order valence-corrected chi connectivity index (χ0v) is 9.60. The van der Waals surface area contributed by atoms with Gasteiger partial charge in [0.25, 0.3) is 0 Å². The number of pyridine rings is 1. The van der Waals surface area contributed by atoms with Crippen molar-refractivity contribution in [2.24, 2.45) is 0 Å². The lowest BCUT2D eigenvalue weighted by molar-refractivity contribution is -0.384. The van der Waals surface area contributed by atoms with E-state index < -0.39 is 4.92 Å². The third-order valence-electron chi connectivity index (χ3n) is 2.06. The number of rotatable bonds is 5. The number of aryl methyl sites for hydroxylation is 1. The van der Waals surface area contributed by atoms with Gasteiger partial charge in [-0.3, -0.25) is 14.9 Å². The Hall–Kier alpha value is -2.18. The summed E-state index contributed by atoms with van der Waals surface area (Å²) in [5, 5.41) is 13.5. The normalized spacial score (nSPS) is 9.76. The van der Waals surface area contributed by atoms with Crippen molar-refractivity contribution in [3.05, 3.63) is 27.9 Å². The lowest BCUT2D eigenvalue weighted by Crippen LogP contribution is -2.12. The van der Waals surface area contributed by atoms with Crippen molar-refractivity contribution in [2.45, 2.75) is 13.3 Å². The average molecular weight is 239 g/mol. The van der Waals surface area contributed by atoms with Gasteiger partial charge in [-0.15, -0.1) is 0 Å². The molecular formula is C10H13N3O4. The summed E-state index contributed by atoms with van der Waals surface area (Å²) in [6, 6.07) is 2.94. The number of hydrogen-bond donors (Lipinski definition) is 1. The van der Waals surface area contributed by atoms with E-state index in [0.29, 0.717) is 5.69 Å². The number of anilines is 1. The van der Waals surface area contributed by atoms with Crippen molar-refractivity contribution < 1.29 is 14.5 Å². The molecule has 1 heterocycles. The third kappa shape index (κ3) is 3.71. The summed E-state index contributed by atoms with van der Waals surface area (Å²) in [5.41, 5.74) is 0.552. The highest BCUT2D eigenvalue weighted by Gasteiger charge is 2.14. The first-order valence-electron chi connectivity index (χ1n) is 4.97. The minimum atomic E-state index is -0.521. The van der Waals surface area contributed by atoms with Crippen LogP contribution in [0, 0.1) is 17.0 Å². The molecule has 0 saturated carbocycles. The molecule has 1 aromatic rings. The zero-order chi connectivity index (χ0) is 12.8. The minimum Gasteiger partial charge on any atom is -0.469 e. The molecule has 0 bridgehead atoms. The third-order valence-corrected chi connectivity index (χ3v) is 2.06. The molecule has 17 heavy (non-hydrogen) atoms. The van der Waals surface area contributed by atoms with Gasteiger partial charge in [-0.2, -0.15) is 0 Å². The molecule has 7 nitrogen and oxygen atoms in total. The highest BCUT2D eigenvalue weighted by atomic mass is 16.6. The Morgan fingerprint density at radius 2 is 2.29 bits per heavy atom. The largest absolute Gasteiger partial charge is 0.469 e. The molecule has 0 atom stereocenters. The molecule has 0 radical (unpaired) electrons. The zero-order valence-electron chi connectivity index (χ0n) is 9.60. The predicted molar refractivity (Wildman–Crippen MR) is 60.8 cm³/mol. The Kier molecular flexibility index (Phi) is 4.38. The number of nitrogens with zero attached hydrogens (tertiary/aromatic N) is 2. The predicted octanol–water partition coefficient (Wildman–Crippen LogP) is 1.27. The van der Waals surface area contributed by atoms with Crippen LogP contribution in [0.5, 0.6) is 0 Å². The monoisotopic (exact) mass is 239 g/mol. The van der Waals surface area contributed by atoms with E-state index in [1.165, 1.54) is 13.2 Å². The van der Waals surface area contributed by atoms with Crippen LogP contribution < -0.4 is 5.32 Å². The molecule has 0 amide bonds. The van der Waals surface area contributed by atoms with Gasteiger partial charge in [0.2, 0.25) is 5.82 Å². The number of carbonyl (C=O) groups excluding carboxylic acids is 1. The molecule has 7 heteroatoms. The van der Waals surface area contributed by atoms with Crippen LogP contribution in [0.3, 0.4) is 0 Å². The van der Waals surface area contributed by atoms with Crippen LogP contribution in [-0.4, -0.2) is 29.5 Å². The lowest BCUT2D eigenvalue weighted by atomic mass is 10.3. The number of ether oxygens (including phenoxy) is 1. The summed E-state index contributed by atoms with van der Waals surface area (Å²) in [6.07, 6.45) is 0.128. The molecule has 0 fully saturated rings. The molecular weight excluding hydrogens is 226 g/mol. The van der Waals surface area contributed by atoms with E-state index in [1.807, 2.05) is 0 Å². The van der Waals surface area contributed by atoms with E-state index in [4.69, 9.17) is 0 Å². The van der Waals surface area contributed by atoms with Gasteiger partial charge in [-0.05, 0) is 13.0 Å². The maximum absolute atomic E-state index is 10.9. The van der Waals surface area contributed by atoms with Crippen molar-refractivity contribution in [1.82, 2.24) is 4.98 Å². The fourth-order valence-corrected chi connectivity index (χ4v) is 1.21. The number of nitro groups is 1. The topological polar surface area (TPSA) is 94.4 Å². The molecule has 0 spiro atoms. The summed E-state index contributed by atoms with van der Waals surface area (Å²) in [5.74, 6) is -0.216. The van der Waals surface area contributed by atoms with Crippen LogP contribution in [0.4, 0.5) is 11.5 Å². The number of carbonyl (C=O) groups is 1. The van der Waals surface area contributed by atoms with Gasteiger partial charge >= 0.3 is 11.7 Å². The molecule has 0 aliphatic heterocycles. The first-order valence-corrected chi connectivity index (χ1v) is 4.97. The van der Waals surface area contributed by atoms with E-state index >= 15 is 0 Å². The summed E-state index contributed by atoms with van der Waals surface area (Å²) >= 11 is 0. The molecule has 0 aliphatic rings. The Bertz CT molecular complexity index is 434. The SMILES string of the molecule is COC(=O)CCNc1nc(C)ccc1[N+](=O)[O-]. The molecule has 0 aliphatic carbocycles. The second-order valence-corrected chi connectivity index (χ2v) is 3.33. The van der Waals surface area contributed by atoms with Crippen molar-refractivity contribution >= 4 is 17.5 Å². The maximum Gasteiger partial charge on any atom is 0.311 e. The molecule has 0 saturated heterocycles. The van der Waals surface area contributed by atoms with Crippen molar-refractivity contribution in [1.29, 1.82) is 0 Å². The van der Waals surface area contributed by atoms with Gasteiger partial charge in [-0.25, -0.2) is 4.98 Å². The quantitative estimate of drug-likeness (QED) is 0.472. The molecule has 0 unspecified atom stereocenters. The van der Waals surface area contributed by atoms with Crippen molar-refractivity contribution in [3.8, 4) is 0 Å². The van der Waals surface area contributed by atoms with E-state index in [1.54, 1.807) is 13.0 Å². The lowest BCUT2D eigenvalue weighted by Gasteiger charge is -2.06. The van der Waals surface area contributed by atoms with E-state index in [9.17, 15) is 14.9 Å². The fourth-order valence-electron chi connectivity index (χ4n) is 1.21. The van der Waals surface area contributed by atoms with Gasteiger partial charge in [0.15, 0.2) is 0 Å². The summed E-state index contributed by atoms with van der Waals surface area (Å²) in [4.78, 5) is 25.1. The van der Waals surface area contributed by atoms with E-state index in [0.717, 1.165) is 0 Å². The standard InChI is InChI=1S/C10H13N3O4/c1-7-3-4-8(13(15)16)10(12-7)11-6-5-9(14)17-2/h3-4H,5-6H2,1-2H3,(H,11,12). The fraction of sp³-hybridized carbons (Fsp3) is 0.400. The van der Waals surface area contributed by atoms with E-state index in [2.05, 4.69) is 15.0 Å². The number of nitrogens with one attached hydrogen (secondary N) is 1. The van der Waals surface area contributed by atoms with Gasteiger partial charge in [0, 0.05) is 18.3 Å². The molecule has 0 aromatic carbocycles. The van der Waals surface area contributed by atoms with Crippen LogP contribution >= 0.6 is 0 Å². The van der Waals surface area contributed by atoms with E-state index in [-0.39, 0.29) is 30.4 Å². The van der Waals surface area contributed by atoms with Gasteiger partial charge in [0.05, 0.1) is 18.5 Å². The first-order chi connectivity index (χ1) is 8.04. The van der Waals surface area contributed by atoms with Crippen molar-refractivity contribution in [3.63, 3.8) is 0 Å². The highest BCUT2D eigenvalue weighted by molar-refractivity contribution is 5.70. The molecule has 92 valence electrons. The molecule has 1 N–H and O–H groups in total. The smallest absolute Gasteiger partial charge is 0.311 e.